The van der Waals surface area contributed by atoms with Crippen molar-refractivity contribution in [1.29, 1.82) is 0 Å². The van der Waals surface area contributed by atoms with Gasteiger partial charge in [0.1, 0.15) is 7.85 Å². The SMILES string of the molecule is BC(C)(CC1CC1)c1cccc2c(C(C)CCC)cccc12. The van der Waals surface area contributed by atoms with Gasteiger partial charge in [-0.25, -0.2) is 0 Å². The third kappa shape index (κ3) is 3.09. The second kappa shape index (κ2) is 6.10. The van der Waals surface area contributed by atoms with E-state index in [-0.39, 0.29) is 5.31 Å². The minimum Gasteiger partial charge on any atom is -0.0654 e. The lowest BCUT2D eigenvalue weighted by Gasteiger charge is -2.28. The molecule has 2 aromatic rings. The van der Waals surface area contributed by atoms with Crippen molar-refractivity contribution in [3.63, 3.8) is 0 Å². The average molecular weight is 292 g/mol. The van der Waals surface area contributed by atoms with Gasteiger partial charge in [-0.05, 0) is 51.9 Å². The molecule has 1 heteroatoms. The molecule has 1 saturated carbocycles. The zero-order chi connectivity index (χ0) is 15.7. The van der Waals surface area contributed by atoms with Crippen LogP contribution in [-0.4, -0.2) is 7.85 Å². The predicted octanol–water partition coefficient (Wildman–Crippen LogP) is 5.39. The summed E-state index contributed by atoms with van der Waals surface area (Å²) in [7, 11) is 2.43. The molecule has 0 bridgehead atoms. The number of benzene rings is 2. The molecule has 3 rings (SSSR count). The molecule has 0 N–H and O–H groups in total. The minimum absolute atomic E-state index is 0.285. The highest BCUT2D eigenvalue weighted by Crippen LogP contribution is 2.42. The Kier molecular flexibility index (Phi) is 4.34. The maximum Gasteiger partial charge on any atom is 0.114 e. The Morgan fingerprint density at radius 2 is 1.82 bits per heavy atom. The molecule has 2 atom stereocenters. The summed E-state index contributed by atoms with van der Waals surface area (Å²) in [6, 6.07) is 13.9. The highest BCUT2D eigenvalue weighted by molar-refractivity contribution is 6.17. The van der Waals surface area contributed by atoms with Gasteiger partial charge in [-0.1, -0.05) is 76.4 Å². The lowest BCUT2D eigenvalue weighted by atomic mass is 9.61. The maximum atomic E-state index is 2.43. The van der Waals surface area contributed by atoms with Gasteiger partial charge in [-0.2, -0.15) is 0 Å². The minimum atomic E-state index is 0.285. The van der Waals surface area contributed by atoms with Gasteiger partial charge in [-0.15, -0.1) is 0 Å². The molecule has 2 unspecified atom stereocenters. The molecule has 1 aliphatic carbocycles. The van der Waals surface area contributed by atoms with E-state index in [0.29, 0.717) is 5.92 Å². The van der Waals surface area contributed by atoms with E-state index in [1.807, 2.05) is 0 Å². The van der Waals surface area contributed by atoms with E-state index in [2.05, 4.69) is 65.0 Å². The van der Waals surface area contributed by atoms with Gasteiger partial charge in [0.15, 0.2) is 0 Å². The van der Waals surface area contributed by atoms with E-state index in [1.54, 1.807) is 5.56 Å². The molecule has 0 nitrogen and oxygen atoms in total. The number of hydrogen-bond acceptors (Lipinski definition) is 0. The molecule has 0 saturated heterocycles. The fourth-order valence-corrected chi connectivity index (χ4v) is 4.10. The van der Waals surface area contributed by atoms with E-state index in [0.717, 1.165) is 5.92 Å². The van der Waals surface area contributed by atoms with Crippen molar-refractivity contribution < 1.29 is 0 Å². The molecule has 2 aromatic carbocycles. The first-order valence-electron chi connectivity index (χ1n) is 9.05. The molecule has 1 fully saturated rings. The van der Waals surface area contributed by atoms with Gasteiger partial charge >= 0.3 is 0 Å². The van der Waals surface area contributed by atoms with Crippen LogP contribution in [0.5, 0.6) is 0 Å². The largest absolute Gasteiger partial charge is 0.114 e. The van der Waals surface area contributed by atoms with Gasteiger partial charge in [0.2, 0.25) is 0 Å². The Balaban J connectivity index is 2.07. The van der Waals surface area contributed by atoms with Crippen LogP contribution >= 0.6 is 0 Å². The Labute approximate surface area is 136 Å². The van der Waals surface area contributed by atoms with Gasteiger partial charge in [-0.3, -0.25) is 0 Å². The number of rotatable bonds is 6. The van der Waals surface area contributed by atoms with E-state index >= 15 is 0 Å². The second-order valence-electron chi connectivity index (χ2n) is 7.97. The Morgan fingerprint density at radius 3 is 2.50 bits per heavy atom. The summed E-state index contributed by atoms with van der Waals surface area (Å²) in [4.78, 5) is 0. The van der Waals surface area contributed by atoms with Crippen molar-refractivity contribution in [2.45, 2.75) is 64.1 Å². The first-order chi connectivity index (χ1) is 10.5. The van der Waals surface area contributed by atoms with Crippen molar-refractivity contribution in [3.8, 4) is 0 Å². The molecule has 0 amide bonds. The quantitative estimate of drug-likeness (QED) is 0.626. The van der Waals surface area contributed by atoms with Crippen LogP contribution in [0.2, 0.25) is 0 Å². The van der Waals surface area contributed by atoms with Gasteiger partial charge in [0.25, 0.3) is 0 Å². The molecular formula is C21H29B. The van der Waals surface area contributed by atoms with Crippen molar-refractivity contribution >= 4 is 18.6 Å². The van der Waals surface area contributed by atoms with Gasteiger partial charge in [0.05, 0.1) is 0 Å². The predicted molar refractivity (Wildman–Crippen MR) is 101 cm³/mol. The smallest absolute Gasteiger partial charge is 0.0654 e. The third-order valence-corrected chi connectivity index (χ3v) is 5.43. The van der Waals surface area contributed by atoms with E-state index in [1.165, 1.54) is 48.4 Å². The maximum absolute atomic E-state index is 2.43. The van der Waals surface area contributed by atoms with Crippen molar-refractivity contribution in [1.82, 2.24) is 0 Å². The first kappa shape index (κ1) is 15.7. The van der Waals surface area contributed by atoms with E-state index < -0.39 is 0 Å². The summed E-state index contributed by atoms with van der Waals surface area (Å²) in [5.74, 6) is 1.61. The summed E-state index contributed by atoms with van der Waals surface area (Å²) in [6.45, 7) is 7.09. The normalized spacial score (nSPS) is 19.0. The van der Waals surface area contributed by atoms with Gasteiger partial charge in [0, 0.05) is 0 Å². The van der Waals surface area contributed by atoms with Crippen LogP contribution < -0.4 is 0 Å². The molecule has 0 aromatic heterocycles. The zero-order valence-corrected chi connectivity index (χ0v) is 14.7. The number of fused-ring (bicyclic) bond motifs is 1. The molecule has 22 heavy (non-hydrogen) atoms. The summed E-state index contributed by atoms with van der Waals surface area (Å²) < 4.78 is 0. The van der Waals surface area contributed by atoms with Crippen LogP contribution in [0.3, 0.4) is 0 Å². The summed E-state index contributed by atoms with van der Waals surface area (Å²) in [6.07, 6.45) is 6.74. The van der Waals surface area contributed by atoms with Gasteiger partial charge < -0.3 is 0 Å². The lowest BCUT2D eigenvalue weighted by Crippen LogP contribution is -2.23. The molecule has 0 spiro atoms. The molecule has 0 aliphatic heterocycles. The molecule has 0 radical (unpaired) electrons. The standard InChI is InChI=1S/C21H29B/c1-4-7-15(2)17-8-5-10-19-18(17)9-6-11-20(19)21(3,22)14-16-12-13-16/h5-6,8-11,15-16H,4,7,12-14,22H2,1-3H3. The van der Waals surface area contributed by atoms with Crippen molar-refractivity contribution in [2.75, 3.05) is 0 Å². The lowest BCUT2D eigenvalue weighted by molar-refractivity contribution is 0.561. The first-order valence-corrected chi connectivity index (χ1v) is 9.05. The molecule has 116 valence electrons. The molecule has 0 heterocycles. The fraction of sp³-hybridized carbons (Fsp3) is 0.524. The highest BCUT2D eigenvalue weighted by Gasteiger charge is 2.32. The van der Waals surface area contributed by atoms with Crippen molar-refractivity contribution in [3.05, 3.63) is 47.5 Å². The van der Waals surface area contributed by atoms with Crippen LogP contribution in [0.15, 0.2) is 36.4 Å². The number of hydrogen-bond donors (Lipinski definition) is 0. The molecule has 1 aliphatic rings. The Bertz CT molecular complexity index is 652. The topological polar surface area (TPSA) is 0 Å². The zero-order valence-electron chi connectivity index (χ0n) is 14.7. The average Bonchev–Trinajstić information content (AvgIpc) is 3.29. The van der Waals surface area contributed by atoms with Crippen LogP contribution in [0, 0.1) is 5.92 Å². The highest BCUT2D eigenvalue weighted by atomic mass is 14.3. The Morgan fingerprint density at radius 1 is 1.14 bits per heavy atom. The fourth-order valence-electron chi connectivity index (χ4n) is 4.10. The summed E-state index contributed by atoms with van der Waals surface area (Å²) >= 11 is 0. The second-order valence-corrected chi connectivity index (χ2v) is 7.97. The monoisotopic (exact) mass is 292 g/mol. The molecular weight excluding hydrogens is 263 g/mol. The van der Waals surface area contributed by atoms with Crippen molar-refractivity contribution in [2.24, 2.45) is 5.92 Å². The van der Waals surface area contributed by atoms with E-state index in [9.17, 15) is 0 Å². The van der Waals surface area contributed by atoms with Crippen LogP contribution in [-0.2, 0) is 5.31 Å². The summed E-state index contributed by atoms with van der Waals surface area (Å²) in [5.41, 5.74) is 3.07. The Hall–Kier alpha value is -1.24. The third-order valence-electron chi connectivity index (χ3n) is 5.43. The van der Waals surface area contributed by atoms with Crippen LogP contribution in [0.1, 0.15) is 69.9 Å². The van der Waals surface area contributed by atoms with E-state index in [4.69, 9.17) is 0 Å². The van der Waals surface area contributed by atoms with Crippen LogP contribution in [0.4, 0.5) is 0 Å². The van der Waals surface area contributed by atoms with Crippen LogP contribution in [0.25, 0.3) is 10.8 Å². The summed E-state index contributed by atoms with van der Waals surface area (Å²) in [5, 5.41) is 3.24.